The zero-order valence-corrected chi connectivity index (χ0v) is 16.1. The van der Waals surface area contributed by atoms with Crippen LogP contribution < -0.4 is 15.5 Å². The van der Waals surface area contributed by atoms with Crippen molar-refractivity contribution < 1.29 is 4.79 Å². The smallest absolute Gasteiger partial charge is 0.274 e. The summed E-state index contributed by atoms with van der Waals surface area (Å²) in [5.74, 6) is 0.403. The van der Waals surface area contributed by atoms with Crippen LogP contribution in [0.1, 0.15) is 10.5 Å². The first-order chi connectivity index (χ1) is 14.1. The van der Waals surface area contributed by atoms with E-state index < -0.39 is 0 Å². The fourth-order valence-electron chi connectivity index (χ4n) is 2.94. The van der Waals surface area contributed by atoms with Gasteiger partial charge in [0.05, 0.1) is 11.9 Å². The molecule has 2 aromatic carbocycles. The van der Waals surface area contributed by atoms with E-state index in [2.05, 4.69) is 25.8 Å². The summed E-state index contributed by atoms with van der Waals surface area (Å²) in [6, 6.07) is 18.9. The Morgan fingerprint density at radius 1 is 0.966 bits per heavy atom. The molecule has 7 nitrogen and oxygen atoms in total. The lowest BCUT2D eigenvalue weighted by molar-refractivity contribution is 0.102. The number of rotatable bonds is 5. The van der Waals surface area contributed by atoms with Gasteiger partial charge in [0, 0.05) is 43.1 Å². The van der Waals surface area contributed by atoms with Gasteiger partial charge >= 0.3 is 0 Å². The molecular formula is C22H20N6O. The van der Waals surface area contributed by atoms with Gasteiger partial charge in [-0.05, 0) is 35.7 Å². The minimum absolute atomic E-state index is 0.243. The number of hydrogen-bond acceptors (Lipinski definition) is 6. The third-order valence-electron chi connectivity index (χ3n) is 4.46. The van der Waals surface area contributed by atoms with E-state index in [0.29, 0.717) is 17.2 Å². The van der Waals surface area contributed by atoms with Gasteiger partial charge in [0.2, 0.25) is 0 Å². The molecule has 0 aliphatic rings. The zero-order valence-electron chi connectivity index (χ0n) is 16.1. The number of hydrogen-bond donors (Lipinski definition) is 2. The van der Waals surface area contributed by atoms with Crippen LogP contribution >= 0.6 is 0 Å². The van der Waals surface area contributed by atoms with E-state index in [1.54, 1.807) is 12.4 Å². The van der Waals surface area contributed by atoms with Crippen molar-refractivity contribution >= 4 is 39.6 Å². The molecule has 29 heavy (non-hydrogen) atoms. The van der Waals surface area contributed by atoms with E-state index in [1.165, 1.54) is 0 Å². The average molecular weight is 384 g/mol. The SMILES string of the molecule is CN(C)c1cnnc(Nc2ccc(NC(=O)c3nccc4ccccc34)cc2)c1. The Labute approximate surface area is 168 Å². The Kier molecular flexibility index (Phi) is 5.03. The van der Waals surface area contributed by atoms with Crippen molar-refractivity contribution in [1.82, 2.24) is 15.2 Å². The van der Waals surface area contributed by atoms with Crippen LogP contribution in [-0.2, 0) is 0 Å². The molecule has 0 saturated heterocycles. The molecule has 2 aromatic heterocycles. The molecule has 0 atom stereocenters. The Morgan fingerprint density at radius 3 is 2.52 bits per heavy atom. The first-order valence-electron chi connectivity index (χ1n) is 9.12. The molecule has 0 fully saturated rings. The van der Waals surface area contributed by atoms with E-state index in [0.717, 1.165) is 22.1 Å². The summed E-state index contributed by atoms with van der Waals surface area (Å²) < 4.78 is 0. The first-order valence-corrected chi connectivity index (χ1v) is 9.12. The van der Waals surface area contributed by atoms with Crippen LogP contribution in [0.4, 0.5) is 22.9 Å². The highest BCUT2D eigenvalue weighted by Gasteiger charge is 2.11. The molecule has 0 spiro atoms. The summed E-state index contributed by atoms with van der Waals surface area (Å²) in [6.07, 6.45) is 3.35. The molecule has 0 unspecified atom stereocenters. The third-order valence-corrected chi connectivity index (χ3v) is 4.46. The number of amides is 1. The highest BCUT2D eigenvalue weighted by molar-refractivity contribution is 6.11. The summed E-state index contributed by atoms with van der Waals surface area (Å²) in [4.78, 5) is 18.9. The molecule has 0 saturated carbocycles. The van der Waals surface area contributed by atoms with Crippen molar-refractivity contribution in [2.75, 3.05) is 29.6 Å². The number of aromatic nitrogens is 3. The van der Waals surface area contributed by atoms with E-state index in [9.17, 15) is 4.79 Å². The molecule has 144 valence electrons. The first kappa shape index (κ1) is 18.4. The minimum Gasteiger partial charge on any atom is -0.376 e. The van der Waals surface area contributed by atoms with Crippen molar-refractivity contribution in [2.24, 2.45) is 0 Å². The summed E-state index contributed by atoms with van der Waals surface area (Å²) in [6.45, 7) is 0. The van der Waals surface area contributed by atoms with Crippen LogP contribution in [0.3, 0.4) is 0 Å². The molecular weight excluding hydrogens is 364 g/mol. The molecule has 0 bridgehead atoms. The fraction of sp³-hybridized carbons (Fsp3) is 0.0909. The van der Waals surface area contributed by atoms with Crippen LogP contribution in [0.5, 0.6) is 0 Å². The number of nitrogens with zero attached hydrogens (tertiary/aromatic N) is 4. The van der Waals surface area contributed by atoms with Gasteiger partial charge in [-0.3, -0.25) is 9.78 Å². The minimum atomic E-state index is -0.243. The topological polar surface area (TPSA) is 83.0 Å². The highest BCUT2D eigenvalue weighted by Crippen LogP contribution is 2.21. The van der Waals surface area contributed by atoms with Gasteiger partial charge in [0.15, 0.2) is 5.82 Å². The molecule has 4 aromatic rings. The van der Waals surface area contributed by atoms with E-state index in [-0.39, 0.29) is 5.91 Å². The second-order valence-electron chi connectivity index (χ2n) is 6.73. The van der Waals surface area contributed by atoms with Crippen LogP contribution in [-0.4, -0.2) is 35.2 Å². The van der Waals surface area contributed by atoms with Crippen molar-refractivity contribution in [3.63, 3.8) is 0 Å². The second kappa shape index (κ2) is 7.93. The van der Waals surface area contributed by atoms with Crippen LogP contribution in [0.15, 0.2) is 73.1 Å². The lowest BCUT2D eigenvalue weighted by Crippen LogP contribution is -2.14. The standard InChI is InChI=1S/C22H20N6O/c1-28(2)18-13-20(27-24-14-18)25-16-7-9-17(10-8-16)26-22(29)21-19-6-4-3-5-15(19)11-12-23-21/h3-14H,1-2H3,(H,25,27)(H,26,29). The summed E-state index contributed by atoms with van der Waals surface area (Å²) in [5, 5.41) is 16.0. The number of anilines is 4. The van der Waals surface area contributed by atoms with Gasteiger partial charge in [-0.2, -0.15) is 5.10 Å². The van der Waals surface area contributed by atoms with Gasteiger partial charge in [0.1, 0.15) is 5.69 Å². The number of fused-ring (bicyclic) bond motifs is 1. The van der Waals surface area contributed by atoms with E-state index in [4.69, 9.17) is 0 Å². The predicted octanol–water partition coefficient (Wildman–Crippen LogP) is 4.09. The maximum atomic E-state index is 12.7. The monoisotopic (exact) mass is 384 g/mol. The largest absolute Gasteiger partial charge is 0.376 e. The Morgan fingerprint density at radius 2 is 1.72 bits per heavy atom. The van der Waals surface area contributed by atoms with Crippen molar-refractivity contribution in [2.45, 2.75) is 0 Å². The summed E-state index contributed by atoms with van der Waals surface area (Å²) >= 11 is 0. The lowest BCUT2D eigenvalue weighted by atomic mass is 10.1. The molecule has 2 heterocycles. The van der Waals surface area contributed by atoms with Gasteiger partial charge < -0.3 is 15.5 Å². The Balaban J connectivity index is 1.48. The quantitative estimate of drug-likeness (QED) is 0.539. The molecule has 0 radical (unpaired) electrons. The second-order valence-corrected chi connectivity index (χ2v) is 6.73. The van der Waals surface area contributed by atoms with Crippen molar-refractivity contribution in [3.8, 4) is 0 Å². The third kappa shape index (κ3) is 4.14. The molecule has 0 aliphatic heterocycles. The maximum absolute atomic E-state index is 12.7. The van der Waals surface area contributed by atoms with Crippen molar-refractivity contribution in [3.05, 3.63) is 78.8 Å². The van der Waals surface area contributed by atoms with Gasteiger partial charge in [0.25, 0.3) is 5.91 Å². The van der Waals surface area contributed by atoms with Gasteiger partial charge in [-0.1, -0.05) is 24.3 Å². The van der Waals surface area contributed by atoms with Gasteiger partial charge in [-0.25, -0.2) is 0 Å². The van der Waals surface area contributed by atoms with Crippen LogP contribution in [0.25, 0.3) is 10.8 Å². The molecule has 4 rings (SSSR count). The zero-order chi connectivity index (χ0) is 20.2. The lowest BCUT2D eigenvalue weighted by Gasteiger charge is -2.13. The normalized spacial score (nSPS) is 10.6. The maximum Gasteiger partial charge on any atom is 0.274 e. The van der Waals surface area contributed by atoms with Crippen LogP contribution in [0, 0.1) is 0 Å². The summed E-state index contributed by atoms with van der Waals surface area (Å²) in [5.41, 5.74) is 2.88. The highest BCUT2D eigenvalue weighted by atomic mass is 16.1. The number of pyridine rings is 1. The number of benzene rings is 2. The fourth-order valence-corrected chi connectivity index (χ4v) is 2.94. The number of carbonyl (C=O) groups excluding carboxylic acids is 1. The van der Waals surface area contributed by atoms with Gasteiger partial charge in [-0.15, -0.1) is 5.10 Å². The predicted molar refractivity (Wildman–Crippen MR) is 116 cm³/mol. The Bertz CT molecular complexity index is 1150. The molecule has 0 aliphatic carbocycles. The summed E-state index contributed by atoms with van der Waals surface area (Å²) in [7, 11) is 3.89. The van der Waals surface area contributed by atoms with E-state index in [1.807, 2.05) is 79.7 Å². The molecule has 2 N–H and O–H groups in total. The molecule has 7 heteroatoms. The van der Waals surface area contributed by atoms with Crippen molar-refractivity contribution in [1.29, 1.82) is 0 Å². The average Bonchev–Trinajstić information content (AvgIpc) is 2.75. The van der Waals surface area contributed by atoms with Crippen LogP contribution in [0.2, 0.25) is 0 Å². The molecule has 1 amide bonds. The van der Waals surface area contributed by atoms with E-state index >= 15 is 0 Å². The number of carbonyl (C=O) groups is 1. The Hall–Kier alpha value is -4.00. The number of nitrogens with one attached hydrogen (secondary N) is 2.